The van der Waals surface area contributed by atoms with Crippen LogP contribution in [0, 0.1) is 0 Å². The zero-order valence-electron chi connectivity index (χ0n) is 26.6. The Bertz CT molecular complexity index is 1480. The van der Waals surface area contributed by atoms with Gasteiger partial charge in [-0.05, 0) is 82.0 Å². The van der Waals surface area contributed by atoms with Gasteiger partial charge >= 0.3 is 5.97 Å². The average Bonchev–Trinajstić information content (AvgIpc) is 3.46. The van der Waals surface area contributed by atoms with Crippen molar-refractivity contribution in [3.05, 3.63) is 60.6 Å². The molecule has 46 heavy (non-hydrogen) atoms. The molecule has 2 heterocycles. The van der Waals surface area contributed by atoms with E-state index in [-0.39, 0.29) is 20.6 Å². The maximum absolute atomic E-state index is 12.3. The predicted octanol–water partition coefficient (Wildman–Crippen LogP) is 5.57. The highest BCUT2D eigenvalue weighted by atomic mass is 16.6. The minimum atomic E-state index is -0.441. The van der Waals surface area contributed by atoms with E-state index in [1.165, 1.54) is 6.33 Å². The van der Waals surface area contributed by atoms with E-state index in [4.69, 9.17) is 23.7 Å². The molecule has 4 aromatic rings. The Morgan fingerprint density at radius 3 is 2.50 bits per heavy atom. The predicted molar refractivity (Wildman–Crippen MR) is 181 cm³/mol. The van der Waals surface area contributed by atoms with Crippen molar-refractivity contribution in [2.24, 2.45) is 0 Å². The van der Waals surface area contributed by atoms with Gasteiger partial charge in [-0.15, -0.1) is 0 Å². The highest BCUT2D eigenvalue weighted by Crippen LogP contribution is 2.33. The average molecular weight is 637 g/mol. The smallest absolute Gasteiger partial charge is 0.344 e. The molecular formula is C34H48N6O6. The minimum Gasteiger partial charge on any atom is -0.497 e. The summed E-state index contributed by atoms with van der Waals surface area (Å²) in [5.41, 5.74) is 2.54. The van der Waals surface area contributed by atoms with Gasteiger partial charge in [-0.2, -0.15) is 0 Å². The summed E-state index contributed by atoms with van der Waals surface area (Å²) in [7, 11) is 5.68. The molecule has 250 valence electrons. The van der Waals surface area contributed by atoms with Gasteiger partial charge in [0.2, 0.25) is 0 Å². The van der Waals surface area contributed by atoms with Gasteiger partial charge < -0.3 is 44.2 Å². The third-order valence-electron chi connectivity index (χ3n) is 6.94. The number of ether oxygens (including phenoxy) is 5. The van der Waals surface area contributed by atoms with Crippen LogP contribution in [0.1, 0.15) is 39.2 Å². The van der Waals surface area contributed by atoms with Crippen molar-refractivity contribution in [3.63, 3.8) is 0 Å². The number of aromatic amines is 1. The van der Waals surface area contributed by atoms with Crippen LogP contribution in [0.4, 0.5) is 11.5 Å². The van der Waals surface area contributed by atoms with E-state index in [9.17, 15) is 4.79 Å². The molecule has 12 nitrogen and oxygen atoms in total. The highest BCUT2D eigenvalue weighted by Gasteiger charge is 2.15. The van der Waals surface area contributed by atoms with Crippen molar-refractivity contribution in [1.29, 1.82) is 0 Å². The lowest BCUT2D eigenvalue weighted by Gasteiger charge is -2.17. The number of hydrogen-bond donors (Lipinski definition) is 3. The molecule has 0 amide bonds. The number of nitrogens with zero attached hydrogens (tertiary/aromatic N) is 3. The van der Waals surface area contributed by atoms with Crippen molar-refractivity contribution in [1.82, 2.24) is 25.2 Å². The lowest BCUT2D eigenvalue weighted by atomic mass is 10.2. The summed E-state index contributed by atoms with van der Waals surface area (Å²) < 4.78 is 28.2. The minimum absolute atomic E-state index is 0. The Hall–Kier alpha value is -4.55. The van der Waals surface area contributed by atoms with Crippen LogP contribution in [0.2, 0.25) is 0 Å². The number of fused-ring (bicyclic) bond motifs is 1. The number of methoxy groups -OCH3 is 1. The first-order valence-corrected chi connectivity index (χ1v) is 15.2. The van der Waals surface area contributed by atoms with Crippen molar-refractivity contribution in [2.75, 3.05) is 66.0 Å². The molecule has 0 atom stereocenters. The van der Waals surface area contributed by atoms with E-state index in [0.717, 1.165) is 61.2 Å². The van der Waals surface area contributed by atoms with Crippen LogP contribution in [0.25, 0.3) is 11.0 Å². The van der Waals surface area contributed by atoms with E-state index < -0.39 is 5.97 Å². The molecule has 3 N–H and O–H groups in total. The summed E-state index contributed by atoms with van der Waals surface area (Å²) in [6.45, 7) is 5.39. The van der Waals surface area contributed by atoms with Gasteiger partial charge in [0.05, 0.1) is 19.1 Å². The topological polar surface area (TPSA) is 132 Å². The molecule has 0 radical (unpaired) electrons. The molecule has 0 aliphatic rings. The van der Waals surface area contributed by atoms with Crippen LogP contribution >= 0.6 is 0 Å². The number of carbonyl (C=O) groups is 1. The molecule has 0 saturated heterocycles. The summed E-state index contributed by atoms with van der Waals surface area (Å²) in [4.78, 5) is 26.8. The summed E-state index contributed by atoms with van der Waals surface area (Å²) in [5, 5.41) is 7.51. The van der Waals surface area contributed by atoms with Crippen molar-refractivity contribution in [3.8, 4) is 23.0 Å². The number of esters is 1. The van der Waals surface area contributed by atoms with Crippen molar-refractivity contribution < 1.29 is 28.5 Å². The van der Waals surface area contributed by atoms with Gasteiger partial charge in [0.25, 0.3) is 0 Å². The fourth-order valence-electron chi connectivity index (χ4n) is 4.59. The fourth-order valence-corrected chi connectivity index (χ4v) is 4.59. The van der Waals surface area contributed by atoms with Gasteiger partial charge in [0.1, 0.15) is 42.5 Å². The SMILES string of the molecule is C.CCCCOC(=O)COc1cc(Nc2ncnc3[nH]cc(CN(C)CCCNC)c23)ccc1OCCOc1ccc(OC)cc1. The lowest BCUT2D eigenvalue weighted by Crippen LogP contribution is -2.22. The summed E-state index contributed by atoms with van der Waals surface area (Å²) in [6.07, 6.45) is 6.28. The molecule has 0 bridgehead atoms. The van der Waals surface area contributed by atoms with Crippen LogP contribution in [0.15, 0.2) is 55.0 Å². The molecule has 0 spiro atoms. The van der Waals surface area contributed by atoms with E-state index >= 15 is 0 Å². The number of unbranched alkanes of at least 4 members (excludes halogenated alkanes) is 1. The number of rotatable bonds is 20. The van der Waals surface area contributed by atoms with Gasteiger partial charge in [0, 0.05) is 24.5 Å². The second-order valence-electron chi connectivity index (χ2n) is 10.5. The van der Waals surface area contributed by atoms with E-state index in [1.807, 2.05) is 50.5 Å². The number of benzene rings is 2. The van der Waals surface area contributed by atoms with E-state index in [1.54, 1.807) is 19.2 Å². The molecule has 4 rings (SSSR count). The first-order chi connectivity index (χ1) is 22.0. The second-order valence-corrected chi connectivity index (χ2v) is 10.5. The molecule has 2 aromatic heterocycles. The third-order valence-corrected chi connectivity index (χ3v) is 6.94. The number of hydrogen-bond acceptors (Lipinski definition) is 11. The second kappa shape index (κ2) is 19.1. The number of nitrogens with one attached hydrogen (secondary N) is 3. The fraction of sp³-hybridized carbons (Fsp3) is 0.441. The standard InChI is InChI=1S/C33H44N6O6.CH4/c1-5-6-16-44-30(40)22-45-29-19-25(8-13-28(29)43-18-17-42-27-11-9-26(41-4)10-12-27)38-33-31-24(20-35-32(31)36-23-37-33)21-39(3)15-7-14-34-2;/h8-13,19-20,23,34H,5-7,14-18,21-22H2,1-4H3,(H2,35,36,37,38);1H4. The number of aromatic nitrogens is 3. The maximum atomic E-state index is 12.3. The van der Waals surface area contributed by atoms with E-state index in [0.29, 0.717) is 42.0 Å². The molecule has 0 aliphatic carbocycles. The monoisotopic (exact) mass is 636 g/mol. The van der Waals surface area contributed by atoms with E-state index in [2.05, 4.69) is 37.5 Å². The normalized spacial score (nSPS) is 10.8. The van der Waals surface area contributed by atoms with Gasteiger partial charge in [0.15, 0.2) is 18.1 Å². The molecule has 12 heteroatoms. The molecule has 0 fully saturated rings. The molecule has 0 aliphatic heterocycles. The quantitative estimate of drug-likeness (QED) is 0.0831. The number of anilines is 2. The highest BCUT2D eigenvalue weighted by molar-refractivity contribution is 5.92. The molecule has 0 saturated carbocycles. The van der Waals surface area contributed by atoms with Gasteiger partial charge in [-0.1, -0.05) is 20.8 Å². The number of H-pyrrole nitrogens is 1. The first kappa shape index (κ1) is 35.9. The Morgan fingerprint density at radius 2 is 1.74 bits per heavy atom. The zero-order valence-corrected chi connectivity index (χ0v) is 26.6. The summed E-state index contributed by atoms with van der Waals surface area (Å²) >= 11 is 0. The van der Waals surface area contributed by atoms with Crippen molar-refractivity contribution in [2.45, 2.75) is 40.2 Å². The Balaban J connectivity index is 0.00000576. The van der Waals surface area contributed by atoms with Crippen molar-refractivity contribution >= 4 is 28.5 Å². The molecule has 2 aromatic carbocycles. The van der Waals surface area contributed by atoms with Crippen LogP contribution in [0.3, 0.4) is 0 Å². The Labute approximate surface area is 271 Å². The Morgan fingerprint density at radius 1 is 0.957 bits per heavy atom. The molecular weight excluding hydrogens is 588 g/mol. The lowest BCUT2D eigenvalue weighted by molar-refractivity contribution is -0.146. The number of carbonyl (C=O) groups excluding carboxylic acids is 1. The zero-order chi connectivity index (χ0) is 31.9. The maximum Gasteiger partial charge on any atom is 0.344 e. The summed E-state index contributed by atoms with van der Waals surface area (Å²) in [6, 6.07) is 12.8. The first-order valence-electron chi connectivity index (χ1n) is 15.2. The van der Waals surface area contributed by atoms with Crippen LogP contribution in [0.5, 0.6) is 23.0 Å². The van der Waals surface area contributed by atoms with Crippen LogP contribution in [-0.4, -0.2) is 86.5 Å². The van der Waals surface area contributed by atoms with Gasteiger partial charge in [-0.25, -0.2) is 14.8 Å². The molecule has 0 unspecified atom stereocenters. The third kappa shape index (κ3) is 10.8. The largest absolute Gasteiger partial charge is 0.497 e. The van der Waals surface area contributed by atoms with Gasteiger partial charge in [-0.3, -0.25) is 0 Å². The van der Waals surface area contributed by atoms with Crippen LogP contribution < -0.4 is 29.6 Å². The Kier molecular flexibility index (Phi) is 14.9. The van der Waals surface area contributed by atoms with Crippen LogP contribution in [-0.2, 0) is 16.1 Å². The summed E-state index contributed by atoms with van der Waals surface area (Å²) in [5.74, 6) is 2.54.